The smallest absolute Gasteiger partial charge is 0.410 e. The van der Waals surface area contributed by atoms with Crippen molar-refractivity contribution in [3.05, 3.63) is 0 Å². The summed E-state index contributed by atoms with van der Waals surface area (Å²) < 4.78 is 5.13. The van der Waals surface area contributed by atoms with E-state index in [-0.39, 0.29) is 12.2 Å². The van der Waals surface area contributed by atoms with Crippen LogP contribution in [0.25, 0.3) is 0 Å². The Balaban J connectivity index is 2.38. The molecule has 0 aromatic carbocycles. The molecule has 4 nitrogen and oxygen atoms in total. The highest BCUT2D eigenvalue weighted by atomic mass is 16.6. The Morgan fingerprint density at radius 2 is 2.14 bits per heavy atom. The van der Waals surface area contributed by atoms with Gasteiger partial charge in [-0.2, -0.15) is 0 Å². The van der Waals surface area contributed by atoms with Gasteiger partial charge in [-0.3, -0.25) is 0 Å². The summed E-state index contributed by atoms with van der Waals surface area (Å²) in [5.41, 5.74) is 0. The van der Waals surface area contributed by atoms with Crippen LogP contribution >= 0.6 is 0 Å². The molecule has 0 N–H and O–H groups in total. The Morgan fingerprint density at radius 1 is 1.50 bits per heavy atom. The molecular weight excluding hydrogens is 180 g/mol. The predicted molar refractivity (Wildman–Crippen MR) is 55.3 cm³/mol. The van der Waals surface area contributed by atoms with E-state index in [0.29, 0.717) is 6.04 Å². The summed E-state index contributed by atoms with van der Waals surface area (Å²) in [5.74, 6) is 0. The Morgan fingerprint density at radius 3 is 2.57 bits per heavy atom. The molecule has 1 amide bonds. The normalized spacial score (nSPS) is 22.1. The van der Waals surface area contributed by atoms with Crippen molar-refractivity contribution in [1.82, 2.24) is 9.80 Å². The van der Waals surface area contributed by atoms with E-state index in [1.54, 1.807) is 4.90 Å². The van der Waals surface area contributed by atoms with Gasteiger partial charge in [0.15, 0.2) is 0 Å². The van der Waals surface area contributed by atoms with Crippen LogP contribution in [0, 0.1) is 0 Å². The van der Waals surface area contributed by atoms with E-state index in [9.17, 15) is 4.79 Å². The Bertz CT molecular complexity index is 204. The second kappa shape index (κ2) is 4.64. The van der Waals surface area contributed by atoms with Crippen molar-refractivity contribution < 1.29 is 9.53 Å². The lowest BCUT2D eigenvalue weighted by molar-refractivity contribution is 0.0818. The van der Waals surface area contributed by atoms with E-state index in [1.165, 1.54) is 0 Å². The van der Waals surface area contributed by atoms with Crippen LogP contribution in [0.3, 0.4) is 0 Å². The van der Waals surface area contributed by atoms with Crippen molar-refractivity contribution in [2.24, 2.45) is 0 Å². The molecule has 0 saturated carbocycles. The quantitative estimate of drug-likeness (QED) is 0.670. The van der Waals surface area contributed by atoms with Crippen LogP contribution in [0.4, 0.5) is 4.79 Å². The van der Waals surface area contributed by atoms with Crippen molar-refractivity contribution in [1.29, 1.82) is 0 Å². The molecule has 82 valence electrons. The second-order valence-electron chi connectivity index (χ2n) is 4.28. The summed E-state index contributed by atoms with van der Waals surface area (Å²) in [4.78, 5) is 15.4. The lowest BCUT2D eigenvalue weighted by atomic mass is 10.2. The van der Waals surface area contributed by atoms with Crippen LogP contribution in [0.15, 0.2) is 0 Å². The lowest BCUT2D eigenvalue weighted by Crippen LogP contribution is -2.35. The topological polar surface area (TPSA) is 32.8 Å². The molecule has 0 aromatic rings. The third-order valence-corrected chi connectivity index (χ3v) is 2.49. The first kappa shape index (κ1) is 11.3. The lowest BCUT2D eigenvalue weighted by Gasteiger charge is -2.20. The van der Waals surface area contributed by atoms with E-state index in [1.807, 2.05) is 27.9 Å². The number of carbonyl (C=O) groups excluding carboxylic acids is 1. The number of carbonyl (C=O) groups is 1. The molecule has 0 aromatic heterocycles. The van der Waals surface area contributed by atoms with Crippen molar-refractivity contribution in [3.63, 3.8) is 0 Å². The minimum Gasteiger partial charge on any atom is -0.447 e. The standard InChI is InChI=1S/C10H20N2O2/c1-8(2)14-10(13)12-6-5-9(7-12)11(3)4/h8-9H,5-7H2,1-4H3. The van der Waals surface area contributed by atoms with Gasteiger partial charge in [0, 0.05) is 19.1 Å². The van der Waals surface area contributed by atoms with Crippen LogP contribution in [-0.4, -0.2) is 55.2 Å². The highest BCUT2D eigenvalue weighted by Gasteiger charge is 2.28. The molecule has 0 aliphatic carbocycles. The fourth-order valence-corrected chi connectivity index (χ4v) is 1.61. The summed E-state index contributed by atoms with van der Waals surface area (Å²) >= 11 is 0. The van der Waals surface area contributed by atoms with Crippen LogP contribution in [0.1, 0.15) is 20.3 Å². The Kier molecular flexibility index (Phi) is 3.75. The van der Waals surface area contributed by atoms with Gasteiger partial charge in [-0.1, -0.05) is 0 Å². The maximum absolute atomic E-state index is 11.5. The van der Waals surface area contributed by atoms with Gasteiger partial charge in [0.1, 0.15) is 0 Å². The molecule has 1 unspecified atom stereocenters. The summed E-state index contributed by atoms with van der Waals surface area (Å²) in [6.45, 7) is 5.35. The van der Waals surface area contributed by atoms with Gasteiger partial charge in [0.2, 0.25) is 0 Å². The Hall–Kier alpha value is -0.770. The molecule has 1 atom stereocenters. The average molecular weight is 200 g/mol. The monoisotopic (exact) mass is 200 g/mol. The molecule has 1 fully saturated rings. The molecule has 1 rings (SSSR count). The Labute approximate surface area is 85.8 Å². The van der Waals surface area contributed by atoms with E-state index < -0.39 is 0 Å². The highest BCUT2D eigenvalue weighted by molar-refractivity contribution is 5.68. The number of nitrogens with zero attached hydrogens (tertiary/aromatic N) is 2. The van der Waals surface area contributed by atoms with Gasteiger partial charge in [-0.05, 0) is 34.4 Å². The summed E-state index contributed by atoms with van der Waals surface area (Å²) in [6.07, 6.45) is 0.838. The van der Waals surface area contributed by atoms with Crippen molar-refractivity contribution in [2.75, 3.05) is 27.2 Å². The maximum atomic E-state index is 11.5. The number of rotatable bonds is 2. The summed E-state index contributed by atoms with van der Waals surface area (Å²) in [7, 11) is 4.09. The van der Waals surface area contributed by atoms with Crippen molar-refractivity contribution in [2.45, 2.75) is 32.4 Å². The molecule has 1 saturated heterocycles. The van der Waals surface area contributed by atoms with E-state index in [2.05, 4.69) is 4.90 Å². The van der Waals surface area contributed by atoms with Crippen LogP contribution in [-0.2, 0) is 4.74 Å². The molecule has 1 heterocycles. The molecule has 0 bridgehead atoms. The average Bonchev–Trinajstić information content (AvgIpc) is 2.50. The van der Waals surface area contributed by atoms with E-state index in [0.717, 1.165) is 19.5 Å². The number of hydrogen-bond donors (Lipinski definition) is 0. The zero-order valence-corrected chi connectivity index (χ0v) is 9.49. The first-order chi connectivity index (χ1) is 6.50. The van der Waals surface area contributed by atoms with Crippen molar-refractivity contribution in [3.8, 4) is 0 Å². The predicted octanol–water partition coefficient (Wildman–Crippen LogP) is 1.17. The minimum atomic E-state index is -0.177. The highest BCUT2D eigenvalue weighted by Crippen LogP contribution is 2.14. The van der Waals surface area contributed by atoms with Crippen LogP contribution in [0.2, 0.25) is 0 Å². The molecule has 0 spiro atoms. The van der Waals surface area contributed by atoms with Gasteiger partial charge >= 0.3 is 6.09 Å². The van der Waals surface area contributed by atoms with Crippen LogP contribution < -0.4 is 0 Å². The maximum Gasteiger partial charge on any atom is 0.410 e. The molecule has 1 aliphatic rings. The number of likely N-dealkylation sites (tertiary alicyclic amines) is 1. The van der Waals surface area contributed by atoms with Crippen molar-refractivity contribution >= 4 is 6.09 Å². The fourth-order valence-electron chi connectivity index (χ4n) is 1.61. The van der Waals surface area contributed by atoms with E-state index in [4.69, 9.17) is 4.74 Å². The van der Waals surface area contributed by atoms with Gasteiger partial charge in [-0.25, -0.2) is 4.79 Å². The largest absolute Gasteiger partial charge is 0.447 e. The van der Waals surface area contributed by atoms with Gasteiger partial charge in [0.05, 0.1) is 6.10 Å². The number of likely N-dealkylation sites (N-methyl/N-ethyl adjacent to an activating group) is 1. The molecule has 4 heteroatoms. The minimum absolute atomic E-state index is 0.0269. The van der Waals surface area contributed by atoms with Gasteiger partial charge in [0.25, 0.3) is 0 Å². The van der Waals surface area contributed by atoms with E-state index >= 15 is 0 Å². The molecular formula is C10H20N2O2. The zero-order chi connectivity index (χ0) is 10.7. The van der Waals surface area contributed by atoms with Gasteiger partial charge in [-0.15, -0.1) is 0 Å². The third-order valence-electron chi connectivity index (χ3n) is 2.49. The van der Waals surface area contributed by atoms with Gasteiger partial charge < -0.3 is 14.5 Å². The molecule has 14 heavy (non-hydrogen) atoms. The third kappa shape index (κ3) is 2.87. The molecule has 1 aliphatic heterocycles. The molecule has 0 radical (unpaired) electrons. The summed E-state index contributed by atoms with van der Waals surface area (Å²) in [6, 6.07) is 0.481. The van der Waals surface area contributed by atoms with Crippen LogP contribution in [0.5, 0.6) is 0 Å². The first-order valence-electron chi connectivity index (χ1n) is 5.12. The summed E-state index contributed by atoms with van der Waals surface area (Å²) in [5, 5.41) is 0. The number of hydrogen-bond acceptors (Lipinski definition) is 3. The second-order valence-corrected chi connectivity index (χ2v) is 4.28. The number of amides is 1. The fraction of sp³-hybridized carbons (Fsp3) is 0.900. The zero-order valence-electron chi connectivity index (χ0n) is 9.49. The number of ether oxygens (including phenoxy) is 1. The first-order valence-corrected chi connectivity index (χ1v) is 5.12. The SMILES string of the molecule is CC(C)OC(=O)N1CCC(N(C)C)C1.